The number of hydrogen-bond acceptors (Lipinski definition) is 4. The van der Waals surface area contributed by atoms with Crippen molar-refractivity contribution in [3.63, 3.8) is 0 Å². The Bertz CT molecular complexity index is 296. The number of hydrogen-bond donors (Lipinski definition) is 1. The summed E-state index contributed by atoms with van der Waals surface area (Å²) in [5, 5.41) is 9.43. The second kappa shape index (κ2) is 7.02. The molecule has 1 atom stereocenters. The zero-order chi connectivity index (χ0) is 14.4. The van der Waals surface area contributed by atoms with Gasteiger partial charge in [0.05, 0.1) is 7.11 Å². The van der Waals surface area contributed by atoms with Crippen LogP contribution < -0.4 is 0 Å². The first-order valence-corrected chi connectivity index (χ1v) is 7.14. The predicted octanol–water partition coefficient (Wildman–Crippen LogP) is 2.95. The lowest BCUT2D eigenvalue weighted by Gasteiger charge is -2.29. The molecule has 0 aromatic heterocycles. The van der Waals surface area contributed by atoms with Crippen LogP contribution in [0.25, 0.3) is 0 Å². The van der Waals surface area contributed by atoms with Crippen LogP contribution in [0.2, 0.25) is 0 Å². The van der Waals surface area contributed by atoms with Gasteiger partial charge in [0.1, 0.15) is 0 Å². The first-order chi connectivity index (χ1) is 8.19. The Morgan fingerprint density at radius 2 is 1.83 bits per heavy atom. The average molecular weight is 276 g/mol. The average Bonchev–Trinajstić information content (AvgIpc) is 2.27. The summed E-state index contributed by atoms with van der Waals surface area (Å²) < 4.78 is 4.62. The highest BCUT2D eigenvalue weighted by molar-refractivity contribution is 8.00. The fourth-order valence-electron chi connectivity index (χ4n) is 1.50. The molecule has 0 aromatic rings. The summed E-state index contributed by atoms with van der Waals surface area (Å²) in [5.74, 6) is -1.47. The molecule has 0 aliphatic heterocycles. The van der Waals surface area contributed by atoms with Crippen LogP contribution in [0.5, 0.6) is 0 Å². The second-order valence-corrected chi connectivity index (χ2v) is 7.19. The lowest BCUT2D eigenvalue weighted by atomic mass is 9.85. The smallest absolute Gasteiger partial charge is 0.324 e. The zero-order valence-electron chi connectivity index (χ0n) is 11.9. The molecule has 0 aliphatic rings. The summed E-state index contributed by atoms with van der Waals surface area (Å²) in [7, 11) is 1.24. The predicted molar refractivity (Wildman–Crippen MR) is 73.8 cm³/mol. The van der Waals surface area contributed by atoms with Crippen LogP contribution in [0.1, 0.15) is 47.0 Å². The molecular weight excluding hydrogens is 252 g/mol. The number of carbonyl (C=O) groups is 2. The van der Waals surface area contributed by atoms with Crippen LogP contribution in [0.15, 0.2) is 0 Å². The second-order valence-electron chi connectivity index (χ2n) is 5.38. The van der Waals surface area contributed by atoms with E-state index in [9.17, 15) is 14.7 Å². The van der Waals surface area contributed by atoms with E-state index in [0.29, 0.717) is 12.8 Å². The monoisotopic (exact) mass is 276 g/mol. The third-order valence-corrected chi connectivity index (χ3v) is 4.20. The van der Waals surface area contributed by atoms with Gasteiger partial charge in [-0.1, -0.05) is 40.5 Å². The topological polar surface area (TPSA) is 63.6 Å². The van der Waals surface area contributed by atoms with Gasteiger partial charge in [-0.3, -0.25) is 9.59 Å². The number of carboxylic acids is 1. The summed E-state index contributed by atoms with van der Waals surface area (Å²) >= 11 is 1.48. The van der Waals surface area contributed by atoms with Gasteiger partial charge in [-0.05, 0) is 6.42 Å². The summed E-state index contributed by atoms with van der Waals surface area (Å²) in [5.41, 5.74) is -1.41. The molecular formula is C13H24O4S. The Morgan fingerprint density at radius 1 is 1.28 bits per heavy atom. The van der Waals surface area contributed by atoms with E-state index in [1.807, 2.05) is 27.7 Å². The Morgan fingerprint density at radius 3 is 2.17 bits per heavy atom. The Kier molecular flexibility index (Phi) is 6.74. The minimum Gasteiger partial charge on any atom is -0.480 e. The molecule has 0 saturated heterocycles. The quantitative estimate of drug-likeness (QED) is 0.572. The highest BCUT2D eigenvalue weighted by Crippen LogP contribution is 2.36. The van der Waals surface area contributed by atoms with Gasteiger partial charge in [0, 0.05) is 10.5 Å². The number of methoxy groups -OCH3 is 1. The summed E-state index contributed by atoms with van der Waals surface area (Å²) in [6, 6.07) is 0. The highest BCUT2D eigenvalue weighted by atomic mass is 32.2. The van der Waals surface area contributed by atoms with E-state index in [4.69, 9.17) is 4.74 Å². The van der Waals surface area contributed by atoms with Crippen molar-refractivity contribution in [3.8, 4) is 0 Å². The number of rotatable bonds is 7. The number of ether oxygens (including phenoxy) is 1. The fraction of sp³-hybridized carbons (Fsp3) is 0.846. The van der Waals surface area contributed by atoms with Gasteiger partial charge >= 0.3 is 11.9 Å². The van der Waals surface area contributed by atoms with Crippen LogP contribution in [-0.2, 0) is 14.3 Å². The number of aliphatic carboxylic acids is 1. The molecule has 0 aliphatic carbocycles. The lowest BCUT2D eigenvalue weighted by Crippen LogP contribution is -2.43. The normalized spacial score (nSPS) is 14.9. The van der Waals surface area contributed by atoms with E-state index in [-0.39, 0.29) is 10.5 Å². The molecule has 0 aromatic carbocycles. The Hall–Kier alpha value is -0.710. The highest BCUT2D eigenvalue weighted by Gasteiger charge is 2.47. The molecule has 18 heavy (non-hydrogen) atoms. The van der Waals surface area contributed by atoms with E-state index in [1.54, 1.807) is 0 Å². The standard InChI is InChI=1S/C13H24O4S/c1-6-7-8-13(10(14)15,11(16)17-5)9-18-12(2,3)4/h6-9H2,1-5H3,(H,14,15)/t13-/m1/s1. The van der Waals surface area contributed by atoms with Crippen molar-refractivity contribution in [2.45, 2.75) is 51.7 Å². The number of thioether (sulfide) groups is 1. The minimum absolute atomic E-state index is 0.0824. The van der Waals surface area contributed by atoms with Crippen LogP contribution in [0.4, 0.5) is 0 Å². The molecule has 0 spiro atoms. The van der Waals surface area contributed by atoms with Gasteiger partial charge in [0.25, 0.3) is 0 Å². The lowest BCUT2D eigenvalue weighted by molar-refractivity contribution is -0.165. The van der Waals surface area contributed by atoms with Crippen LogP contribution in [-0.4, -0.2) is 34.7 Å². The number of esters is 1. The molecule has 0 unspecified atom stereocenters. The van der Waals surface area contributed by atoms with Crippen LogP contribution in [0, 0.1) is 5.41 Å². The van der Waals surface area contributed by atoms with E-state index in [2.05, 4.69) is 0 Å². The van der Waals surface area contributed by atoms with Crippen molar-refractivity contribution < 1.29 is 19.4 Å². The minimum atomic E-state index is -1.41. The first kappa shape index (κ1) is 17.3. The summed E-state index contributed by atoms with van der Waals surface area (Å²) in [4.78, 5) is 23.4. The molecule has 5 heteroatoms. The molecule has 0 radical (unpaired) electrons. The van der Waals surface area contributed by atoms with Crippen molar-refractivity contribution in [2.75, 3.05) is 12.9 Å². The van der Waals surface area contributed by atoms with E-state index < -0.39 is 17.4 Å². The van der Waals surface area contributed by atoms with E-state index in [1.165, 1.54) is 18.9 Å². The van der Waals surface area contributed by atoms with Gasteiger partial charge in [-0.25, -0.2) is 0 Å². The van der Waals surface area contributed by atoms with Gasteiger partial charge < -0.3 is 9.84 Å². The SMILES string of the molecule is CCCC[C@@](CSC(C)(C)C)(C(=O)O)C(=O)OC. The van der Waals surface area contributed by atoms with Gasteiger partial charge in [-0.15, -0.1) is 0 Å². The first-order valence-electron chi connectivity index (χ1n) is 6.15. The molecule has 0 amide bonds. The molecule has 4 nitrogen and oxygen atoms in total. The molecule has 1 N–H and O–H groups in total. The maximum Gasteiger partial charge on any atom is 0.324 e. The van der Waals surface area contributed by atoms with Crippen molar-refractivity contribution >= 4 is 23.7 Å². The van der Waals surface area contributed by atoms with E-state index in [0.717, 1.165) is 6.42 Å². The molecule has 0 bridgehead atoms. The summed E-state index contributed by atoms with van der Waals surface area (Å²) in [6.07, 6.45) is 1.88. The van der Waals surface area contributed by atoms with Gasteiger partial charge in [0.2, 0.25) is 0 Å². The zero-order valence-corrected chi connectivity index (χ0v) is 12.7. The molecule has 0 rings (SSSR count). The summed E-state index contributed by atoms with van der Waals surface area (Å²) in [6.45, 7) is 7.98. The maximum atomic E-state index is 11.9. The van der Waals surface area contributed by atoms with Crippen molar-refractivity contribution in [2.24, 2.45) is 5.41 Å². The maximum absolute atomic E-state index is 11.9. The fourth-order valence-corrected chi connectivity index (χ4v) is 2.57. The number of carboxylic acid groups (broad SMARTS) is 1. The Labute approximate surface area is 113 Å². The largest absolute Gasteiger partial charge is 0.480 e. The number of carbonyl (C=O) groups excluding carboxylic acids is 1. The third-order valence-electron chi connectivity index (χ3n) is 2.69. The molecule has 0 fully saturated rings. The Balaban J connectivity index is 5.07. The third kappa shape index (κ3) is 4.88. The molecule has 106 valence electrons. The number of unbranched alkanes of at least 4 members (excludes halogenated alkanes) is 1. The van der Waals surface area contributed by atoms with Gasteiger partial charge in [0.15, 0.2) is 5.41 Å². The van der Waals surface area contributed by atoms with Crippen molar-refractivity contribution in [1.82, 2.24) is 0 Å². The van der Waals surface area contributed by atoms with Crippen molar-refractivity contribution in [1.29, 1.82) is 0 Å². The molecule has 0 heterocycles. The van der Waals surface area contributed by atoms with Crippen LogP contribution >= 0.6 is 11.8 Å². The molecule has 0 saturated carbocycles. The van der Waals surface area contributed by atoms with Crippen molar-refractivity contribution in [3.05, 3.63) is 0 Å². The van der Waals surface area contributed by atoms with Crippen LogP contribution in [0.3, 0.4) is 0 Å². The van der Waals surface area contributed by atoms with Gasteiger partial charge in [-0.2, -0.15) is 11.8 Å². The van der Waals surface area contributed by atoms with E-state index >= 15 is 0 Å².